The quantitative estimate of drug-likeness (QED) is 0.115. The van der Waals surface area contributed by atoms with Crippen LogP contribution >= 0.6 is 0 Å². The van der Waals surface area contributed by atoms with Gasteiger partial charge in [-0.1, -0.05) is 42.5 Å². The molecule has 5 N–H and O–H groups in total. The first-order chi connectivity index (χ1) is 24.4. The zero-order valence-corrected chi connectivity index (χ0v) is 28.0. The summed E-state index contributed by atoms with van der Waals surface area (Å²) in [6.07, 6.45) is 4.85. The molecule has 1 heterocycles. The largest absolute Gasteiger partial charge is 0.508 e. The van der Waals surface area contributed by atoms with E-state index in [1.54, 1.807) is 41.5 Å². The Kier molecular flexibility index (Phi) is 14.0. The fourth-order valence-electron chi connectivity index (χ4n) is 5.76. The molecule has 0 saturated heterocycles. The van der Waals surface area contributed by atoms with Crippen LogP contribution in [0, 0.1) is 11.8 Å². The molecule has 1 saturated carbocycles. The predicted octanol–water partition coefficient (Wildman–Crippen LogP) is 7.07. The molecule has 0 atom stereocenters. The maximum Gasteiger partial charge on any atom is 0.490 e. The number of carboxylic acids is 1. The monoisotopic (exact) mass is 705 g/mol. The number of carbonyl (C=O) groups is 3. The van der Waals surface area contributed by atoms with Crippen molar-refractivity contribution in [3.63, 3.8) is 0 Å². The lowest BCUT2D eigenvalue weighted by molar-refractivity contribution is -0.192. The Morgan fingerprint density at radius 1 is 0.882 bits per heavy atom. The summed E-state index contributed by atoms with van der Waals surface area (Å²) in [7, 11) is 0. The SMILES string of the molecule is NCC1CCC(CNC(=O)c2cccc(-c3cccc(CN(CCc4ccc(O)cc4)C(=O)C=Cc4ccco4)c3)c2)CC1.O=C(O)C(F)(F)F. The summed E-state index contributed by atoms with van der Waals surface area (Å²) in [5.41, 5.74) is 10.4. The van der Waals surface area contributed by atoms with E-state index in [1.165, 1.54) is 6.08 Å². The minimum atomic E-state index is -5.08. The molecule has 1 aromatic heterocycles. The molecule has 9 nitrogen and oxygen atoms in total. The highest BCUT2D eigenvalue weighted by Gasteiger charge is 2.38. The number of phenolic OH excluding ortho intramolecular Hbond substituents is 1. The van der Waals surface area contributed by atoms with Crippen LogP contribution < -0.4 is 11.1 Å². The van der Waals surface area contributed by atoms with Gasteiger partial charge in [0.05, 0.1) is 6.26 Å². The molecule has 0 unspecified atom stereocenters. The number of hydrogen-bond acceptors (Lipinski definition) is 6. The number of carboxylic acid groups (broad SMARTS) is 1. The van der Waals surface area contributed by atoms with Gasteiger partial charge in [-0.15, -0.1) is 0 Å². The third kappa shape index (κ3) is 12.5. The van der Waals surface area contributed by atoms with E-state index in [1.807, 2.05) is 54.6 Å². The van der Waals surface area contributed by atoms with E-state index in [-0.39, 0.29) is 17.6 Å². The second-order valence-electron chi connectivity index (χ2n) is 12.4. The van der Waals surface area contributed by atoms with Gasteiger partial charge < -0.3 is 30.6 Å². The molecule has 1 aliphatic carbocycles. The predicted molar refractivity (Wildman–Crippen MR) is 187 cm³/mol. The highest BCUT2D eigenvalue weighted by molar-refractivity contribution is 5.95. The first-order valence-electron chi connectivity index (χ1n) is 16.7. The molecule has 5 rings (SSSR count). The lowest BCUT2D eigenvalue weighted by Crippen LogP contribution is -2.32. The van der Waals surface area contributed by atoms with Crippen molar-refractivity contribution in [2.75, 3.05) is 19.6 Å². The number of benzene rings is 3. The fraction of sp³-hybridized carbons (Fsp3) is 0.308. The van der Waals surface area contributed by atoms with E-state index in [9.17, 15) is 27.9 Å². The number of aliphatic carboxylic acids is 1. The summed E-state index contributed by atoms with van der Waals surface area (Å²) < 4.78 is 37.1. The molecule has 1 fully saturated rings. The second kappa shape index (κ2) is 18.6. The van der Waals surface area contributed by atoms with E-state index in [2.05, 4.69) is 11.4 Å². The van der Waals surface area contributed by atoms with Crippen LogP contribution in [0.15, 0.2) is 102 Å². The van der Waals surface area contributed by atoms with E-state index >= 15 is 0 Å². The smallest absolute Gasteiger partial charge is 0.490 e. The number of nitrogens with zero attached hydrogens (tertiary/aromatic N) is 1. The average molecular weight is 706 g/mol. The van der Waals surface area contributed by atoms with Gasteiger partial charge in [-0.2, -0.15) is 13.2 Å². The lowest BCUT2D eigenvalue weighted by atomic mass is 9.82. The van der Waals surface area contributed by atoms with Crippen LogP contribution in [-0.4, -0.2) is 58.7 Å². The number of nitrogens with one attached hydrogen (secondary N) is 1. The number of amides is 2. The Hall–Kier alpha value is -5.36. The van der Waals surface area contributed by atoms with Gasteiger partial charge in [0.15, 0.2) is 0 Å². The number of aromatic hydroxyl groups is 1. The topological polar surface area (TPSA) is 146 Å². The normalized spacial score (nSPS) is 15.8. The summed E-state index contributed by atoms with van der Waals surface area (Å²) in [6, 6.07) is 26.4. The van der Waals surface area contributed by atoms with Gasteiger partial charge in [-0.3, -0.25) is 9.59 Å². The Morgan fingerprint density at radius 3 is 2.16 bits per heavy atom. The molecular formula is C39H42F3N3O6. The first kappa shape index (κ1) is 38.4. The van der Waals surface area contributed by atoms with Crippen molar-refractivity contribution in [3.05, 3.63) is 120 Å². The standard InChI is InChI=1S/C37H41N3O4.C2HF3O2/c38-24-28-9-11-29(12-10-28)25-39-37(43)33-7-2-6-32(23-33)31-5-1-4-30(22-31)26-40(20-19-27-13-15-34(41)16-14-27)36(42)18-17-35-8-3-21-44-35;3-2(4,5)1(6)7/h1-8,13-18,21-23,28-29,41H,9-12,19-20,24-26,38H2,(H,39,43);(H,6,7). The Bertz CT molecular complexity index is 1750. The number of alkyl halides is 3. The number of rotatable bonds is 12. The number of furan rings is 1. The maximum absolute atomic E-state index is 13.3. The third-order valence-corrected chi connectivity index (χ3v) is 8.70. The number of halogens is 3. The molecule has 270 valence electrons. The van der Waals surface area contributed by atoms with E-state index in [4.69, 9.17) is 20.1 Å². The minimum Gasteiger partial charge on any atom is -0.508 e. The number of carbonyl (C=O) groups excluding carboxylic acids is 2. The molecule has 12 heteroatoms. The summed E-state index contributed by atoms with van der Waals surface area (Å²) in [5, 5.41) is 19.9. The van der Waals surface area contributed by atoms with Crippen molar-refractivity contribution >= 4 is 23.9 Å². The molecule has 4 aromatic rings. The highest BCUT2D eigenvalue weighted by atomic mass is 19.4. The summed E-state index contributed by atoms with van der Waals surface area (Å²) in [6.45, 7) is 2.36. The molecule has 1 aliphatic rings. The van der Waals surface area contributed by atoms with Crippen LogP contribution in [0.25, 0.3) is 17.2 Å². The van der Waals surface area contributed by atoms with E-state index < -0.39 is 12.1 Å². The van der Waals surface area contributed by atoms with Gasteiger partial charge in [0, 0.05) is 31.3 Å². The number of nitrogens with two attached hydrogens (primary N) is 1. The van der Waals surface area contributed by atoms with Gasteiger partial charge in [0.2, 0.25) is 5.91 Å². The zero-order chi connectivity index (χ0) is 36.8. The van der Waals surface area contributed by atoms with Crippen molar-refractivity contribution in [1.82, 2.24) is 10.2 Å². The lowest BCUT2D eigenvalue weighted by Gasteiger charge is -2.27. The first-order valence-corrected chi connectivity index (χ1v) is 16.7. The van der Waals surface area contributed by atoms with E-state index in [0.717, 1.165) is 54.5 Å². The molecule has 0 radical (unpaired) electrons. The van der Waals surface area contributed by atoms with Crippen molar-refractivity contribution in [2.45, 2.75) is 44.8 Å². The van der Waals surface area contributed by atoms with Crippen LogP contribution in [0.4, 0.5) is 13.2 Å². The molecule has 3 aromatic carbocycles. The summed E-state index contributed by atoms with van der Waals surface area (Å²) >= 11 is 0. The summed E-state index contributed by atoms with van der Waals surface area (Å²) in [5.74, 6) is -0.979. The van der Waals surface area contributed by atoms with Crippen LogP contribution in [0.2, 0.25) is 0 Å². The van der Waals surface area contributed by atoms with Crippen molar-refractivity contribution in [3.8, 4) is 16.9 Å². The molecule has 51 heavy (non-hydrogen) atoms. The summed E-state index contributed by atoms with van der Waals surface area (Å²) in [4.78, 5) is 37.0. The van der Waals surface area contributed by atoms with Gasteiger partial charge in [-0.25, -0.2) is 4.79 Å². The van der Waals surface area contributed by atoms with Gasteiger partial charge in [0.25, 0.3) is 5.91 Å². The van der Waals surface area contributed by atoms with Gasteiger partial charge in [-0.05, 0) is 121 Å². The fourth-order valence-corrected chi connectivity index (χ4v) is 5.76. The highest BCUT2D eigenvalue weighted by Crippen LogP contribution is 2.28. The van der Waals surface area contributed by atoms with Crippen molar-refractivity contribution < 1.29 is 42.2 Å². The molecule has 0 bridgehead atoms. The van der Waals surface area contributed by atoms with Crippen LogP contribution in [-0.2, 0) is 22.6 Å². The number of phenols is 1. The van der Waals surface area contributed by atoms with Crippen molar-refractivity contribution in [2.24, 2.45) is 17.6 Å². The molecule has 2 amide bonds. The van der Waals surface area contributed by atoms with Crippen molar-refractivity contribution in [1.29, 1.82) is 0 Å². The second-order valence-corrected chi connectivity index (χ2v) is 12.4. The van der Waals surface area contributed by atoms with E-state index in [0.29, 0.717) is 49.2 Å². The molecule has 0 spiro atoms. The Morgan fingerprint density at radius 2 is 1.53 bits per heavy atom. The third-order valence-electron chi connectivity index (χ3n) is 8.70. The molecular weight excluding hydrogens is 663 g/mol. The minimum absolute atomic E-state index is 0.0571. The van der Waals surface area contributed by atoms with Gasteiger partial charge >= 0.3 is 12.1 Å². The van der Waals surface area contributed by atoms with Crippen LogP contribution in [0.3, 0.4) is 0 Å². The Balaban J connectivity index is 0.000000755. The Labute approximate surface area is 294 Å². The van der Waals surface area contributed by atoms with Crippen LogP contribution in [0.5, 0.6) is 5.75 Å². The zero-order valence-electron chi connectivity index (χ0n) is 28.0. The molecule has 0 aliphatic heterocycles. The maximum atomic E-state index is 13.3. The van der Waals surface area contributed by atoms with Crippen LogP contribution in [0.1, 0.15) is 52.9 Å². The number of hydrogen-bond donors (Lipinski definition) is 4. The van der Waals surface area contributed by atoms with Gasteiger partial charge in [0.1, 0.15) is 11.5 Å². The average Bonchev–Trinajstić information content (AvgIpc) is 3.66.